The van der Waals surface area contributed by atoms with Crippen molar-refractivity contribution in [3.05, 3.63) is 53.8 Å². The first kappa shape index (κ1) is 17.2. The molecule has 0 bridgehead atoms. The Bertz CT molecular complexity index is 777. The van der Waals surface area contributed by atoms with E-state index in [9.17, 15) is 12.8 Å². The van der Waals surface area contributed by atoms with E-state index in [2.05, 4.69) is 4.72 Å². The number of sulfonamides is 1. The average molecular weight is 339 g/mol. The number of benzene rings is 2. The first-order chi connectivity index (χ1) is 11.0. The van der Waals surface area contributed by atoms with Gasteiger partial charge in [0, 0.05) is 6.54 Å². The summed E-state index contributed by atoms with van der Waals surface area (Å²) in [6, 6.07) is 10.3. The molecule has 2 aromatic carbocycles. The zero-order valence-corrected chi connectivity index (χ0v) is 13.7. The molecule has 0 unspecified atom stereocenters. The predicted molar refractivity (Wildman–Crippen MR) is 84.8 cm³/mol. The van der Waals surface area contributed by atoms with Crippen LogP contribution in [0.4, 0.5) is 4.39 Å². The van der Waals surface area contributed by atoms with Gasteiger partial charge in [0.15, 0.2) is 11.5 Å². The van der Waals surface area contributed by atoms with Crippen LogP contribution >= 0.6 is 0 Å². The van der Waals surface area contributed by atoms with Crippen LogP contribution in [0.1, 0.15) is 5.56 Å². The highest BCUT2D eigenvalue weighted by molar-refractivity contribution is 7.89. The van der Waals surface area contributed by atoms with Crippen molar-refractivity contribution >= 4 is 10.0 Å². The summed E-state index contributed by atoms with van der Waals surface area (Å²) in [6.07, 6.45) is 0.412. The van der Waals surface area contributed by atoms with Gasteiger partial charge in [-0.2, -0.15) is 0 Å². The number of para-hydroxylation sites is 1. The Hall–Kier alpha value is -2.12. The molecule has 0 spiro atoms. The summed E-state index contributed by atoms with van der Waals surface area (Å²) in [6.45, 7) is 0.155. The van der Waals surface area contributed by atoms with Crippen LogP contribution in [0.5, 0.6) is 11.5 Å². The van der Waals surface area contributed by atoms with Crippen LogP contribution in [0, 0.1) is 5.82 Å². The molecule has 124 valence electrons. The molecule has 23 heavy (non-hydrogen) atoms. The van der Waals surface area contributed by atoms with E-state index in [0.29, 0.717) is 17.9 Å². The second kappa shape index (κ2) is 7.43. The maximum absolute atomic E-state index is 13.1. The third-order valence-electron chi connectivity index (χ3n) is 3.28. The Labute approximate surface area is 135 Å². The van der Waals surface area contributed by atoms with Crippen molar-refractivity contribution in [2.75, 3.05) is 20.8 Å². The Kier molecular flexibility index (Phi) is 5.57. The summed E-state index contributed by atoms with van der Waals surface area (Å²) >= 11 is 0. The number of ether oxygens (including phenoxy) is 2. The van der Waals surface area contributed by atoms with Crippen molar-refractivity contribution < 1.29 is 22.3 Å². The molecular weight excluding hydrogens is 321 g/mol. The minimum absolute atomic E-state index is 0.102. The summed E-state index contributed by atoms with van der Waals surface area (Å²) in [7, 11) is -0.688. The van der Waals surface area contributed by atoms with Gasteiger partial charge in [0.25, 0.3) is 0 Å². The lowest BCUT2D eigenvalue weighted by Crippen LogP contribution is -2.26. The van der Waals surface area contributed by atoms with Gasteiger partial charge in [0.1, 0.15) is 5.82 Å². The smallest absolute Gasteiger partial charge is 0.240 e. The zero-order chi connectivity index (χ0) is 16.9. The normalized spacial score (nSPS) is 11.3. The summed E-state index contributed by atoms with van der Waals surface area (Å²) in [5, 5.41) is 0. The maximum atomic E-state index is 13.1. The molecule has 0 amide bonds. The molecule has 7 heteroatoms. The minimum atomic E-state index is -3.75. The van der Waals surface area contributed by atoms with E-state index in [1.54, 1.807) is 12.1 Å². The van der Waals surface area contributed by atoms with Gasteiger partial charge in [-0.3, -0.25) is 0 Å². The number of nitrogens with one attached hydrogen (secondary N) is 1. The Balaban J connectivity index is 2.08. The van der Waals surface area contributed by atoms with E-state index in [-0.39, 0.29) is 11.4 Å². The summed E-state index contributed by atoms with van der Waals surface area (Å²) < 4.78 is 50.3. The van der Waals surface area contributed by atoms with Crippen LogP contribution in [-0.4, -0.2) is 29.2 Å². The van der Waals surface area contributed by atoms with Crippen molar-refractivity contribution in [2.24, 2.45) is 0 Å². The molecule has 0 aliphatic rings. The lowest BCUT2D eigenvalue weighted by atomic mass is 10.1. The lowest BCUT2D eigenvalue weighted by molar-refractivity contribution is 0.351. The highest BCUT2D eigenvalue weighted by atomic mass is 32.2. The highest BCUT2D eigenvalue weighted by Crippen LogP contribution is 2.30. The second-order valence-electron chi connectivity index (χ2n) is 4.76. The quantitative estimate of drug-likeness (QED) is 0.841. The van der Waals surface area contributed by atoms with Crippen molar-refractivity contribution in [2.45, 2.75) is 11.3 Å². The number of halogens is 1. The number of methoxy groups -OCH3 is 2. The molecule has 0 heterocycles. The van der Waals surface area contributed by atoms with E-state index in [1.807, 2.05) is 6.07 Å². The second-order valence-corrected chi connectivity index (χ2v) is 6.52. The molecule has 0 aromatic heterocycles. The van der Waals surface area contributed by atoms with Gasteiger partial charge >= 0.3 is 0 Å². The third kappa shape index (κ3) is 4.20. The van der Waals surface area contributed by atoms with Crippen LogP contribution in [-0.2, 0) is 16.4 Å². The zero-order valence-electron chi connectivity index (χ0n) is 12.9. The summed E-state index contributed by atoms with van der Waals surface area (Å²) in [5.41, 5.74) is 0.814. The van der Waals surface area contributed by atoms with Gasteiger partial charge in [0.2, 0.25) is 10.0 Å². The van der Waals surface area contributed by atoms with Crippen molar-refractivity contribution in [1.29, 1.82) is 0 Å². The molecule has 0 aliphatic carbocycles. The third-order valence-corrected chi connectivity index (χ3v) is 4.74. The van der Waals surface area contributed by atoms with Gasteiger partial charge in [-0.25, -0.2) is 17.5 Å². The molecule has 1 N–H and O–H groups in total. The van der Waals surface area contributed by atoms with Crippen LogP contribution < -0.4 is 14.2 Å². The van der Waals surface area contributed by atoms with Crippen LogP contribution in [0.3, 0.4) is 0 Å². The van der Waals surface area contributed by atoms with Gasteiger partial charge in [0.05, 0.1) is 19.1 Å². The van der Waals surface area contributed by atoms with Gasteiger partial charge in [-0.15, -0.1) is 0 Å². The largest absolute Gasteiger partial charge is 0.493 e. The number of hydrogen-bond acceptors (Lipinski definition) is 4. The fourth-order valence-electron chi connectivity index (χ4n) is 2.19. The number of rotatable bonds is 7. The Morgan fingerprint density at radius 2 is 1.83 bits per heavy atom. The summed E-state index contributed by atoms with van der Waals surface area (Å²) in [5.74, 6) is 0.556. The molecule has 0 saturated heterocycles. The molecule has 0 aliphatic heterocycles. The molecule has 2 aromatic rings. The summed E-state index contributed by atoms with van der Waals surface area (Å²) in [4.78, 5) is -0.102. The lowest BCUT2D eigenvalue weighted by Gasteiger charge is -2.13. The van der Waals surface area contributed by atoms with Crippen molar-refractivity contribution in [3.8, 4) is 11.5 Å². The highest BCUT2D eigenvalue weighted by Gasteiger charge is 2.15. The maximum Gasteiger partial charge on any atom is 0.240 e. The van der Waals surface area contributed by atoms with E-state index in [1.165, 1.54) is 32.4 Å². The van der Waals surface area contributed by atoms with E-state index < -0.39 is 15.8 Å². The molecule has 2 rings (SSSR count). The number of hydrogen-bond donors (Lipinski definition) is 1. The molecular formula is C16H18FNO4S. The Morgan fingerprint density at radius 1 is 1.09 bits per heavy atom. The fraction of sp³-hybridized carbons (Fsp3) is 0.250. The first-order valence-electron chi connectivity index (χ1n) is 6.93. The van der Waals surface area contributed by atoms with Crippen LogP contribution in [0.25, 0.3) is 0 Å². The monoisotopic (exact) mass is 339 g/mol. The van der Waals surface area contributed by atoms with E-state index >= 15 is 0 Å². The molecule has 0 radical (unpaired) electrons. The molecule has 0 saturated carbocycles. The van der Waals surface area contributed by atoms with Crippen molar-refractivity contribution in [3.63, 3.8) is 0 Å². The molecule has 0 atom stereocenters. The first-order valence-corrected chi connectivity index (χ1v) is 8.41. The molecule has 0 fully saturated rings. The topological polar surface area (TPSA) is 64.6 Å². The molecule has 5 nitrogen and oxygen atoms in total. The van der Waals surface area contributed by atoms with Gasteiger partial charge < -0.3 is 9.47 Å². The van der Waals surface area contributed by atoms with E-state index in [4.69, 9.17) is 9.47 Å². The van der Waals surface area contributed by atoms with Gasteiger partial charge in [-0.1, -0.05) is 18.2 Å². The minimum Gasteiger partial charge on any atom is -0.493 e. The fourth-order valence-corrected chi connectivity index (χ4v) is 3.25. The van der Waals surface area contributed by atoms with Gasteiger partial charge in [-0.05, 0) is 36.2 Å². The van der Waals surface area contributed by atoms with Crippen LogP contribution in [0.2, 0.25) is 0 Å². The van der Waals surface area contributed by atoms with Crippen molar-refractivity contribution in [1.82, 2.24) is 4.72 Å². The van der Waals surface area contributed by atoms with E-state index in [0.717, 1.165) is 11.6 Å². The standard InChI is InChI=1S/C16H18FNO4S/c1-21-15-8-3-5-12(16(15)22-2)9-10-18-23(19,20)14-7-4-6-13(17)11-14/h3-8,11,18H,9-10H2,1-2H3. The predicted octanol–water partition coefficient (Wildman–Crippen LogP) is 2.36. The SMILES string of the molecule is COc1cccc(CCNS(=O)(=O)c2cccc(F)c2)c1OC. The Morgan fingerprint density at radius 3 is 2.48 bits per heavy atom. The average Bonchev–Trinajstić information content (AvgIpc) is 2.54. The van der Waals surface area contributed by atoms with Crippen LogP contribution in [0.15, 0.2) is 47.4 Å².